The summed E-state index contributed by atoms with van der Waals surface area (Å²) in [6.45, 7) is 4.90. The van der Waals surface area contributed by atoms with E-state index in [2.05, 4.69) is 58.3 Å². The Morgan fingerprint density at radius 3 is 2.59 bits per heavy atom. The monoisotopic (exact) mass is 460 g/mol. The molecule has 0 aliphatic heterocycles. The zero-order valence-corrected chi connectivity index (χ0v) is 19.0. The molecule has 0 bridgehead atoms. The number of aryl methyl sites for hydroxylation is 1. The van der Waals surface area contributed by atoms with Gasteiger partial charge in [0.1, 0.15) is 5.01 Å². The minimum Gasteiger partial charge on any atom is -0.302 e. The van der Waals surface area contributed by atoms with Gasteiger partial charge < -0.3 is 4.57 Å². The summed E-state index contributed by atoms with van der Waals surface area (Å²) < 4.78 is 2.06. The van der Waals surface area contributed by atoms with Crippen LogP contribution in [-0.2, 0) is 12.3 Å². The van der Waals surface area contributed by atoms with E-state index >= 15 is 0 Å². The second-order valence-corrected chi connectivity index (χ2v) is 9.12. The summed E-state index contributed by atoms with van der Waals surface area (Å²) in [5.41, 5.74) is 4.25. The topological polar surface area (TPSA) is 43.6 Å². The average Bonchev–Trinajstić information content (AvgIpc) is 3.33. The van der Waals surface area contributed by atoms with Crippen molar-refractivity contribution >= 4 is 46.3 Å². The van der Waals surface area contributed by atoms with Crippen LogP contribution in [0.5, 0.6) is 0 Å². The van der Waals surface area contributed by atoms with Crippen molar-refractivity contribution in [2.75, 3.05) is 0 Å². The molecule has 2 heterocycles. The van der Waals surface area contributed by atoms with E-state index in [4.69, 9.17) is 28.2 Å². The van der Waals surface area contributed by atoms with Crippen LogP contribution in [0.25, 0.3) is 22.0 Å². The number of hydrogen-bond donors (Lipinski definition) is 0. The van der Waals surface area contributed by atoms with Crippen molar-refractivity contribution in [3.8, 4) is 22.0 Å². The third kappa shape index (κ3) is 4.51. The summed E-state index contributed by atoms with van der Waals surface area (Å²) in [6.07, 6.45) is 0. The third-order valence-electron chi connectivity index (χ3n) is 4.40. The van der Waals surface area contributed by atoms with Gasteiger partial charge >= 0.3 is 0 Å². The van der Waals surface area contributed by atoms with Gasteiger partial charge in [-0.2, -0.15) is 0 Å². The molecule has 2 aromatic heterocycles. The molecule has 0 spiro atoms. The molecular weight excluding hydrogens is 443 g/mol. The lowest BCUT2D eigenvalue weighted by Gasteiger charge is -2.08. The lowest BCUT2D eigenvalue weighted by Crippen LogP contribution is -2.00. The van der Waals surface area contributed by atoms with Gasteiger partial charge in [-0.3, -0.25) is 0 Å². The van der Waals surface area contributed by atoms with Crippen LogP contribution in [0.3, 0.4) is 0 Å². The minimum atomic E-state index is 0.568. The van der Waals surface area contributed by atoms with Crippen molar-refractivity contribution in [3.63, 3.8) is 0 Å². The van der Waals surface area contributed by atoms with Crippen molar-refractivity contribution in [1.29, 1.82) is 0 Å². The molecular formula is C21H18Cl2N4S2. The predicted molar refractivity (Wildman–Crippen MR) is 123 cm³/mol. The van der Waals surface area contributed by atoms with Crippen LogP contribution < -0.4 is 0 Å². The van der Waals surface area contributed by atoms with Crippen LogP contribution in [-0.4, -0.2) is 19.7 Å². The highest BCUT2D eigenvalue weighted by Crippen LogP contribution is 2.33. The highest BCUT2D eigenvalue weighted by molar-refractivity contribution is 7.98. The lowest BCUT2D eigenvalue weighted by molar-refractivity contribution is 0.687. The van der Waals surface area contributed by atoms with Gasteiger partial charge in [0.15, 0.2) is 11.0 Å². The number of benzene rings is 2. The summed E-state index contributed by atoms with van der Waals surface area (Å²) in [5, 5.41) is 13.9. The summed E-state index contributed by atoms with van der Waals surface area (Å²) in [7, 11) is 0. The number of nitrogens with zero attached hydrogens (tertiary/aromatic N) is 4. The number of thiazole rings is 1. The Kier molecular flexibility index (Phi) is 6.25. The summed E-state index contributed by atoms with van der Waals surface area (Å²) in [5.74, 6) is 1.48. The van der Waals surface area contributed by atoms with Crippen molar-refractivity contribution in [1.82, 2.24) is 19.7 Å². The minimum absolute atomic E-state index is 0.568. The van der Waals surface area contributed by atoms with Crippen LogP contribution in [0.15, 0.2) is 53.0 Å². The Bertz CT molecular complexity index is 1140. The molecule has 0 saturated carbocycles. The van der Waals surface area contributed by atoms with Crippen molar-refractivity contribution < 1.29 is 0 Å². The van der Waals surface area contributed by atoms with E-state index in [0.29, 0.717) is 10.0 Å². The number of hydrogen-bond acceptors (Lipinski definition) is 5. The van der Waals surface area contributed by atoms with Crippen LogP contribution in [0, 0.1) is 6.92 Å². The Labute approximate surface area is 187 Å². The molecule has 2 aromatic carbocycles. The highest BCUT2D eigenvalue weighted by atomic mass is 35.5. The number of thioether (sulfide) groups is 1. The summed E-state index contributed by atoms with van der Waals surface area (Å²) >= 11 is 15.7. The van der Waals surface area contributed by atoms with E-state index in [9.17, 15) is 0 Å². The Morgan fingerprint density at radius 2 is 1.86 bits per heavy atom. The first kappa shape index (κ1) is 20.4. The molecule has 148 valence electrons. The number of rotatable bonds is 6. The van der Waals surface area contributed by atoms with Crippen LogP contribution in [0.4, 0.5) is 0 Å². The van der Waals surface area contributed by atoms with Gasteiger partial charge in [-0.05, 0) is 32.0 Å². The van der Waals surface area contributed by atoms with Crippen molar-refractivity contribution in [2.45, 2.75) is 31.3 Å². The van der Waals surface area contributed by atoms with E-state index in [0.717, 1.165) is 45.1 Å². The maximum Gasteiger partial charge on any atom is 0.191 e. The molecule has 0 N–H and O–H groups in total. The number of aromatic nitrogens is 4. The fourth-order valence-electron chi connectivity index (χ4n) is 2.89. The second-order valence-electron chi connectivity index (χ2n) is 6.47. The molecule has 0 fully saturated rings. The van der Waals surface area contributed by atoms with Gasteiger partial charge in [-0.25, -0.2) is 4.98 Å². The Balaban J connectivity index is 1.52. The molecule has 0 aliphatic carbocycles. The molecule has 0 radical (unpaired) electrons. The second kappa shape index (κ2) is 8.88. The molecule has 0 amide bonds. The van der Waals surface area contributed by atoms with E-state index < -0.39 is 0 Å². The van der Waals surface area contributed by atoms with Crippen LogP contribution >= 0.6 is 46.3 Å². The maximum atomic E-state index is 6.36. The Morgan fingerprint density at radius 1 is 1.07 bits per heavy atom. The molecule has 4 rings (SSSR count). The smallest absolute Gasteiger partial charge is 0.191 e. The molecule has 0 atom stereocenters. The van der Waals surface area contributed by atoms with E-state index in [1.54, 1.807) is 29.2 Å². The molecule has 4 aromatic rings. The average molecular weight is 461 g/mol. The van der Waals surface area contributed by atoms with Crippen LogP contribution in [0.1, 0.15) is 18.2 Å². The maximum absolute atomic E-state index is 6.36. The van der Waals surface area contributed by atoms with Gasteiger partial charge in [0, 0.05) is 33.8 Å². The molecule has 0 unspecified atom stereocenters. The van der Waals surface area contributed by atoms with Crippen LogP contribution in [0.2, 0.25) is 10.0 Å². The van der Waals surface area contributed by atoms with Crippen molar-refractivity contribution in [3.05, 3.63) is 69.1 Å². The third-order valence-corrected chi connectivity index (χ3v) is 6.89. The zero-order chi connectivity index (χ0) is 20.4. The zero-order valence-electron chi connectivity index (χ0n) is 15.9. The van der Waals surface area contributed by atoms with Gasteiger partial charge in [0.25, 0.3) is 0 Å². The first-order chi connectivity index (χ1) is 14.0. The molecule has 0 aliphatic rings. The number of halogens is 2. The first-order valence-corrected chi connectivity index (χ1v) is 11.7. The molecule has 0 saturated heterocycles. The predicted octanol–water partition coefficient (Wildman–Crippen LogP) is 7.00. The fraction of sp³-hybridized carbons (Fsp3) is 0.190. The van der Waals surface area contributed by atoms with E-state index in [1.807, 2.05) is 12.1 Å². The largest absolute Gasteiger partial charge is 0.302 e. The van der Waals surface area contributed by atoms with Gasteiger partial charge in [0.05, 0.1) is 10.7 Å². The molecule has 8 heteroatoms. The highest BCUT2D eigenvalue weighted by Gasteiger charge is 2.16. The molecule has 29 heavy (non-hydrogen) atoms. The first-order valence-electron chi connectivity index (χ1n) is 9.08. The van der Waals surface area contributed by atoms with E-state index in [1.165, 1.54) is 5.56 Å². The van der Waals surface area contributed by atoms with Gasteiger partial charge in [-0.1, -0.05) is 64.8 Å². The fourth-order valence-corrected chi connectivity index (χ4v) is 5.21. The van der Waals surface area contributed by atoms with Crippen molar-refractivity contribution in [2.24, 2.45) is 0 Å². The summed E-state index contributed by atoms with van der Waals surface area (Å²) in [6, 6.07) is 13.9. The van der Waals surface area contributed by atoms with Gasteiger partial charge in [-0.15, -0.1) is 21.5 Å². The lowest BCUT2D eigenvalue weighted by atomic mass is 10.2. The Hall–Kier alpha value is -1.86. The quantitative estimate of drug-likeness (QED) is 0.290. The normalized spacial score (nSPS) is 11.2. The SMILES string of the molecule is CCn1c(SCc2csc(-c3ccc(C)cc3)n2)nnc1-c1ccc(Cl)cc1Cl. The standard InChI is InChI=1S/C21H18Cl2N4S2/c1-3-27-19(17-9-8-15(22)10-18(17)23)25-26-21(27)29-12-16-11-28-20(24-16)14-6-4-13(2)5-7-14/h4-11H,3,12H2,1-2H3. The van der Waals surface area contributed by atoms with Gasteiger partial charge in [0.2, 0.25) is 0 Å². The summed E-state index contributed by atoms with van der Waals surface area (Å²) in [4.78, 5) is 4.77. The molecule has 4 nitrogen and oxygen atoms in total. The van der Waals surface area contributed by atoms with E-state index in [-0.39, 0.29) is 0 Å².